The monoisotopic (exact) mass is 283 g/mol. The summed E-state index contributed by atoms with van der Waals surface area (Å²) in [4.78, 5) is 2.25. The Morgan fingerprint density at radius 3 is 2.30 bits per heavy atom. The average Bonchev–Trinajstić information content (AvgIpc) is 2.92. The van der Waals surface area contributed by atoms with E-state index in [-0.39, 0.29) is 0 Å². The zero-order chi connectivity index (χ0) is 14.6. The molecule has 1 aliphatic rings. The van der Waals surface area contributed by atoms with Crippen LogP contribution in [0.5, 0.6) is 0 Å². The molecule has 0 amide bonds. The minimum absolute atomic E-state index is 0.428. The number of benzene rings is 1. The van der Waals surface area contributed by atoms with Gasteiger partial charge in [0.25, 0.3) is 0 Å². The van der Waals surface area contributed by atoms with E-state index in [0.717, 1.165) is 18.8 Å². The molecule has 1 unspecified atom stereocenters. The molecular weight excluding hydrogens is 267 g/mol. The number of nitrogens with zero attached hydrogens (tertiary/aromatic N) is 2. The number of nitriles is 1. The van der Waals surface area contributed by atoms with Crippen LogP contribution in [-0.4, -0.2) is 25.8 Å². The molecule has 20 heavy (non-hydrogen) atoms. The highest BCUT2D eigenvalue weighted by Crippen LogP contribution is 2.26. The molecule has 0 aliphatic carbocycles. The molecule has 1 saturated heterocycles. The Morgan fingerprint density at radius 1 is 1.20 bits per heavy atom. The van der Waals surface area contributed by atoms with Gasteiger partial charge in [0.2, 0.25) is 0 Å². The van der Waals surface area contributed by atoms with Gasteiger partial charge in [0.15, 0.2) is 5.92 Å². The number of hydrogen-bond donors (Lipinski definition) is 1. The maximum Gasteiger partial charge on any atom is 0.406 e. The second kappa shape index (κ2) is 6.04. The lowest BCUT2D eigenvalue weighted by Gasteiger charge is -2.18. The largest absolute Gasteiger partial charge is 0.406 e. The summed E-state index contributed by atoms with van der Waals surface area (Å²) in [5.41, 5.74) is 1.68. The molecule has 6 heteroatoms. The highest BCUT2D eigenvalue weighted by molar-refractivity contribution is 5.55. The Hall–Kier alpha value is -1.90. The summed E-state index contributed by atoms with van der Waals surface area (Å²) in [6, 6.07) is 8.55. The zero-order valence-electron chi connectivity index (χ0n) is 11.0. The van der Waals surface area contributed by atoms with Crippen LogP contribution in [0.15, 0.2) is 24.3 Å². The van der Waals surface area contributed by atoms with Gasteiger partial charge in [-0.2, -0.15) is 18.4 Å². The van der Waals surface area contributed by atoms with E-state index >= 15 is 0 Å². The Kier molecular flexibility index (Phi) is 4.38. The van der Waals surface area contributed by atoms with Crippen molar-refractivity contribution in [3.05, 3.63) is 24.3 Å². The van der Waals surface area contributed by atoms with Gasteiger partial charge < -0.3 is 10.2 Å². The van der Waals surface area contributed by atoms with E-state index in [1.165, 1.54) is 18.9 Å². The third-order valence-electron chi connectivity index (χ3n) is 3.40. The van der Waals surface area contributed by atoms with Gasteiger partial charge in [-0.1, -0.05) is 0 Å². The van der Waals surface area contributed by atoms with Crippen molar-refractivity contribution in [1.29, 1.82) is 5.26 Å². The van der Waals surface area contributed by atoms with Crippen molar-refractivity contribution in [1.82, 2.24) is 0 Å². The number of anilines is 2. The second-order valence-corrected chi connectivity index (χ2v) is 4.85. The summed E-state index contributed by atoms with van der Waals surface area (Å²) in [7, 11) is 0. The fraction of sp³-hybridized carbons (Fsp3) is 0.500. The highest BCUT2D eigenvalue weighted by Gasteiger charge is 2.39. The minimum Gasteiger partial charge on any atom is -0.383 e. The predicted octanol–water partition coefficient (Wildman–Crippen LogP) is 3.40. The van der Waals surface area contributed by atoms with Crippen molar-refractivity contribution in [3.8, 4) is 6.07 Å². The van der Waals surface area contributed by atoms with Gasteiger partial charge in [-0.25, -0.2) is 0 Å². The second-order valence-electron chi connectivity index (χ2n) is 4.85. The van der Waals surface area contributed by atoms with E-state index in [1.807, 2.05) is 12.1 Å². The minimum atomic E-state index is -4.49. The van der Waals surface area contributed by atoms with Crippen molar-refractivity contribution >= 4 is 11.4 Å². The fourth-order valence-corrected chi connectivity index (χ4v) is 2.22. The lowest BCUT2D eigenvalue weighted by molar-refractivity contribution is -0.155. The first-order chi connectivity index (χ1) is 9.50. The van der Waals surface area contributed by atoms with Crippen LogP contribution in [0.4, 0.5) is 24.5 Å². The van der Waals surface area contributed by atoms with Crippen LogP contribution >= 0.6 is 0 Å². The normalized spacial score (nSPS) is 16.8. The molecule has 1 N–H and O–H groups in total. The predicted molar refractivity (Wildman–Crippen MR) is 71.5 cm³/mol. The van der Waals surface area contributed by atoms with Crippen LogP contribution in [0.1, 0.15) is 12.8 Å². The lowest BCUT2D eigenvalue weighted by atomic mass is 10.1. The number of alkyl halides is 3. The number of halogens is 3. The standard InChI is InChI=1S/C14H16F3N3/c15-14(16,17)11(9-18)10-19-12-3-5-13(6-4-12)20-7-1-2-8-20/h3-6,11,19H,1-2,7-8,10H2. The zero-order valence-corrected chi connectivity index (χ0v) is 11.0. The van der Waals surface area contributed by atoms with Gasteiger partial charge in [-0.15, -0.1) is 0 Å². The SMILES string of the molecule is N#CC(CNc1ccc(N2CCCC2)cc1)C(F)(F)F. The average molecular weight is 283 g/mol. The van der Waals surface area contributed by atoms with E-state index in [0.29, 0.717) is 5.69 Å². The van der Waals surface area contributed by atoms with Crippen molar-refractivity contribution in [2.24, 2.45) is 5.92 Å². The molecule has 1 heterocycles. The van der Waals surface area contributed by atoms with Crippen molar-refractivity contribution in [2.75, 3.05) is 29.9 Å². The number of nitrogens with one attached hydrogen (secondary N) is 1. The van der Waals surface area contributed by atoms with Crippen LogP contribution < -0.4 is 10.2 Å². The van der Waals surface area contributed by atoms with Crippen LogP contribution in [0.25, 0.3) is 0 Å². The van der Waals surface area contributed by atoms with Gasteiger partial charge in [-0.05, 0) is 37.1 Å². The summed E-state index contributed by atoms with van der Waals surface area (Å²) in [5.74, 6) is -1.99. The lowest BCUT2D eigenvalue weighted by Crippen LogP contribution is -2.28. The third-order valence-corrected chi connectivity index (χ3v) is 3.40. The molecule has 108 valence electrons. The van der Waals surface area contributed by atoms with E-state index in [4.69, 9.17) is 5.26 Å². The topological polar surface area (TPSA) is 39.1 Å². The van der Waals surface area contributed by atoms with E-state index in [2.05, 4.69) is 10.2 Å². The van der Waals surface area contributed by atoms with Gasteiger partial charge in [0, 0.05) is 31.0 Å². The molecule has 1 fully saturated rings. The molecule has 1 atom stereocenters. The maximum absolute atomic E-state index is 12.4. The Balaban J connectivity index is 1.92. The van der Waals surface area contributed by atoms with E-state index in [1.54, 1.807) is 12.1 Å². The maximum atomic E-state index is 12.4. The summed E-state index contributed by atoms with van der Waals surface area (Å²) < 4.78 is 37.3. The summed E-state index contributed by atoms with van der Waals surface area (Å²) in [6.45, 7) is 1.62. The molecular formula is C14H16F3N3. The molecule has 0 spiro atoms. The third kappa shape index (κ3) is 3.56. The Bertz CT molecular complexity index is 470. The number of hydrogen-bond acceptors (Lipinski definition) is 3. The van der Waals surface area contributed by atoms with Gasteiger partial charge in [0.1, 0.15) is 0 Å². The van der Waals surface area contributed by atoms with Crippen LogP contribution in [0, 0.1) is 17.2 Å². The first-order valence-electron chi connectivity index (χ1n) is 6.56. The van der Waals surface area contributed by atoms with Gasteiger partial charge in [-0.3, -0.25) is 0 Å². The molecule has 1 aliphatic heterocycles. The van der Waals surface area contributed by atoms with Crippen molar-refractivity contribution in [2.45, 2.75) is 19.0 Å². The first-order valence-corrected chi connectivity index (χ1v) is 6.56. The van der Waals surface area contributed by atoms with Crippen LogP contribution in [0.3, 0.4) is 0 Å². The highest BCUT2D eigenvalue weighted by atomic mass is 19.4. The van der Waals surface area contributed by atoms with Gasteiger partial charge in [0.05, 0.1) is 6.07 Å². The molecule has 2 rings (SSSR count). The quantitative estimate of drug-likeness (QED) is 0.920. The molecule has 0 saturated carbocycles. The van der Waals surface area contributed by atoms with Crippen LogP contribution in [0.2, 0.25) is 0 Å². The molecule has 0 radical (unpaired) electrons. The molecule has 1 aromatic rings. The number of rotatable bonds is 4. The van der Waals surface area contributed by atoms with E-state index in [9.17, 15) is 13.2 Å². The molecule has 3 nitrogen and oxygen atoms in total. The Morgan fingerprint density at radius 2 is 1.80 bits per heavy atom. The molecule has 1 aromatic carbocycles. The van der Waals surface area contributed by atoms with Gasteiger partial charge >= 0.3 is 6.18 Å². The Labute approximate surface area is 116 Å². The summed E-state index contributed by atoms with van der Waals surface area (Å²) in [5, 5.41) is 11.2. The summed E-state index contributed by atoms with van der Waals surface area (Å²) >= 11 is 0. The summed E-state index contributed by atoms with van der Waals surface area (Å²) in [6.07, 6.45) is -2.14. The van der Waals surface area contributed by atoms with E-state index < -0.39 is 18.6 Å². The van der Waals surface area contributed by atoms with Crippen molar-refractivity contribution < 1.29 is 13.2 Å². The molecule has 0 bridgehead atoms. The molecule has 0 aromatic heterocycles. The van der Waals surface area contributed by atoms with Crippen molar-refractivity contribution in [3.63, 3.8) is 0 Å². The fourth-order valence-electron chi connectivity index (χ4n) is 2.22. The van der Waals surface area contributed by atoms with Crippen LogP contribution in [-0.2, 0) is 0 Å². The smallest absolute Gasteiger partial charge is 0.383 e. The first kappa shape index (κ1) is 14.5.